The van der Waals surface area contributed by atoms with E-state index in [0.717, 1.165) is 19.4 Å². The lowest BCUT2D eigenvalue weighted by Gasteiger charge is -2.28. The molecule has 0 aliphatic heterocycles. The Hall–Kier alpha value is -0.380. The van der Waals surface area contributed by atoms with E-state index in [2.05, 4.69) is 23.0 Å². The molecular formula is C12H19NOS. The summed E-state index contributed by atoms with van der Waals surface area (Å²) in [5, 5.41) is 17.6. The quantitative estimate of drug-likeness (QED) is 0.828. The zero-order chi connectivity index (χ0) is 10.7. The van der Waals surface area contributed by atoms with Crippen LogP contribution in [0.3, 0.4) is 0 Å². The zero-order valence-electron chi connectivity index (χ0n) is 9.20. The van der Waals surface area contributed by atoms with Gasteiger partial charge in [-0.05, 0) is 41.7 Å². The molecule has 1 aromatic heterocycles. The number of hydrogen-bond acceptors (Lipinski definition) is 3. The molecule has 2 N–H and O–H groups in total. The van der Waals surface area contributed by atoms with Gasteiger partial charge in [-0.1, -0.05) is 12.8 Å². The van der Waals surface area contributed by atoms with E-state index >= 15 is 0 Å². The lowest BCUT2D eigenvalue weighted by Crippen LogP contribution is -2.41. The summed E-state index contributed by atoms with van der Waals surface area (Å²) in [4.78, 5) is 0. The molecule has 15 heavy (non-hydrogen) atoms. The van der Waals surface area contributed by atoms with Gasteiger partial charge in [-0.3, -0.25) is 0 Å². The summed E-state index contributed by atoms with van der Waals surface area (Å²) in [6.45, 7) is 3.04. The highest BCUT2D eigenvalue weighted by molar-refractivity contribution is 7.08. The van der Waals surface area contributed by atoms with Crippen LogP contribution < -0.4 is 5.32 Å². The van der Waals surface area contributed by atoms with E-state index in [1.54, 1.807) is 11.3 Å². The highest BCUT2D eigenvalue weighted by atomic mass is 32.1. The zero-order valence-corrected chi connectivity index (χ0v) is 10.0. The number of aliphatic hydroxyl groups excluding tert-OH is 1. The van der Waals surface area contributed by atoms with E-state index < -0.39 is 0 Å². The summed E-state index contributed by atoms with van der Waals surface area (Å²) in [5.74, 6) is 0. The molecule has 1 fully saturated rings. The molecule has 0 amide bonds. The molecule has 0 unspecified atom stereocenters. The van der Waals surface area contributed by atoms with Crippen molar-refractivity contribution in [2.75, 3.05) is 0 Å². The number of aliphatic hydroxyl groups is 1. The molecule has 0 aromatic carbocycles. The van der Waals surface area contributed by atoms with Crippen molar-refractivity contribution in [3.8, 4) is 0 Å². The monoisotopic (exact) mass is 225 g/mol. The number of rotatable bonds is 3. The smallest absolute Gasteiger partial charge is 0.0693 e. The Kier molecular flexibility index (Phi) is 3.78. The first-order valence-corrected chi connectivity index (χ1v) is 6.65. The minimum absolute atomic E-state index is 0.141. The topological polar surface area (TPSA) is 32.3 Å². The Morgan fingerprint density at radius 2 is 2.20 bits per heavy atom. The molecule has 3 heteroatoms. The van der Waals surface area contributed by atoms with E-state index in [4.69, 9.17) is 0 Å². The number of nitrogens with one attached hydrogen (secondary N) is 1. The van der Waals surface area contributed by atoms with Crippen LogP contribution in [0.15, 0.2) is 10.8 Å². The maximum absolute atomic E-state index is 9.81. The maximum Gasteiger partial charge on any atom is 0.0693 e. The molecule has 2 atom stereocenters. The van der Waals surface area contributed by atoms with Crippen LogP contribution in [0, 0.1) is 6.92 Å². The predicted molar refractivity (Wildman–Crippen MR) is 64.2 cm³/mol. The van der Waals surface area contributed by atoms with E-state index in [-0.39, 0.29) is 6.10 Å². The summed E-state index contributed by atoms with van der Waals surface area (Å²) in [7, 11) is 0. The molecule has 0 saturated heterocycles. The fourth-order valence-electron chi connectivity index (χ4n) is 2.16. The minimum atomic E-state index is -0.141. The van der Waals surface area contributed by atoms with Gasteiger partial charge in [0.2, 0.25) is 0 Å². The van der Waals surface area contributed by atoms with Crippen LogP contribution in [0.1, 0.15) is 36.8 Å². The van der Waals surface area contributed by atoms with E-state index in [1.807, 2.05) is 0 Å². The third kappa shape index (κ3) is 2.80. The Morgan fingerprint density at radius 3 is 2.87 bits per heavy atom. The van der Waals surface area contributed by atoms with Crippen LogP contribution in [-0.4, -0.2) is 17.3 Å². The highest BCUT2D eigenvalue weighted by Crippen LogP contribution is 2.20. The largest absolute Gasteiger partial charge is 0.392 e. The molecule has 2 rings (SSSR count). The second kappa shape index (κ2) is 5.10. The second-order valence-electron chi connectivity index (χ2n) is 4.42. The third-order valence-corrected chi connectivity index (χ3v) is 4.16. The van der Waals surface area contributed by atoms with Gasteiger partial charge in [-0.15, -0.1) is 0 Å². The average molecular weight is 225 g/mol. The Balaban J connectivity index is 1.84. The van der Waals surface area contributed by atoms with Crippen molar-refractivity contribution in [1.29, 1.82) is 0 Å². The van der Waals surface area contributed by atoms with E-state index in [1.165, 1.54) is 24.0 Å². The molecule has 1 saturated carbocycles. The van der Waals surface area contributed by atoms with Gasteiger partial charge in [0, 0.05) is 12.6 Å². The first-order chi connectivity index (χ1) is 7.27. The van der Waals surface area contributed by atoms with Gasteiger partial charge in [-0.25, -0.2) is 0 Å². The molecule has 1 aliphatic carbocycles. The van der Waals surface area contributed by atoms with E-state index in [0.29, 0.717) is 6.04 Å². The summed E-state index contributed by atoms with van der Waals surface area (Å²) < 4.78 is 0. The Bertz CT molecular complexity index is 310. The van der Waals surface area contributed by atoms with Gasteiger partial charge in [0.1, 0.15) is 0 Å². The summed E-state index contributed by atoms with van der Waals surface area (Å²) >= 11 is 1.75. The van der Waals surface area contributed by atoms with Gasteiger partial charge in [0.05, 0.1) is 6.10 Å². The van der Waals surface area contributed by atoms with Crippen LogP contribution >= 0.6 is 11.3 Å². The average Bonchev–Trinajstić information content (AvgIpc) is 2.63. The van der Waals surface area contributed by atoms with Crippen LogP contribution in [0.4, 0.5) is 0 Å². The molecule has 2 nitrogen and oxygen atoms in total. The van der Waals surface area contributed by atoms with Crippen molar-refractivity contribution < 1.29 is 5.11 Å². The summed E-state index contributed by atoms with van der Waals surface area (Å²) in [6.07, 6.45) is 4.36. The van der Waals surface area contributed by atoms with Crippen molar-refractivity contribution in [3.05, 3.63) is 21.9 Å². The normalized spacial score (nSPS) is 26.8. The summed E-state index contributed by atoms with van der Waals surface area (Å²) in [5.41, 5.74) is 2.73. The van der Waals surface area contributed by atoms with Gasteiger partial charge in [0.15, 0.2) is 0 Å². The standard InChI is InChI=1S/C12H19NOS/c1-9-7-15-8-10(9)6-13-11-4-2-3-5-12(11)14/h7-8,11-14H,2-6H2,1H3/t11-,12-/m1/s1. The molecule has 1 aromatic rings. The van der Waals surface area contributed by atoms with E-state index in [9.17, 15) is 5.11 Å². The molecule has 0 spiro atoms. The molecular weight excluding hydrogens is 206 g/mol. The molecule has 0 radical (unpaired) electrons. The van der Waals surface area contributed by atoms with Gasteiger partial charge in [0.25, 0.3) is 0 Å². The lowest BCUT2D eigenvalue weighted by atomic mass is 9.92. The van der Waals surface area contributed by atoms with Crippen molar-refractivity contribution >= 4 is 11.3 Å². The molecule has 1 aliphatic rings. The molecule has 0 bridgehead atoms. The van der Waals surface area contributed by atoms with Crippen LogP contribution in [0.2, 0.25) is 0 Å². The molecule has 1 heterocycles. The second-order valence-corrected chi connectivity index (χ2v) is 5.16. The van der Waals surface area contributed by atoms with Crippen LogP contribution in [0.5, 0.6) is 0 Å². The number of aryl methyl sites for hydroxylation is 1. The summed E-state index contributed by atoms with van der Waals surface area (Å²) in [6, 6.07) is 0.304. The molecule has 84 valence electrons. The maximum atomic E-state index is 9.81. The predicted octanol–water partition coefficient (Wildman–Crippen LogP) is 2.45. The van der Waals surface area contributed by atoms with Crippen molar-refractivity contribution in [3.63, 3.8) is 0 Å². The first kappa shape index (κ1) is 11.1. The minimum Gasteiger partial charge on any atom is -0.392 e. The fraction of sp³-hybridized carbons (Fsp3) is 0.667. The van der Waals surface area contributed by atoms with Crippen LogP contribution in [0.25, 0.3) is 0 Å². The SMILES string of the molecule is Cc1cscc1CN[C@@H]1CCCC[C@H]1O. The fourth-order valence-corrected chi connectivity index (χ4v) is 3.02. The van der Waals surface area contributed by atoms with Crippen LogP contribution in [-0.2, 0) is 6.54 Å². The van der Waals surface area contributed by atoms with Gasteiger partial charge < -0.3 is 10.4 Å². The number of hydrogen-bond donors (Lipinski definition) is 2. The third-order valence-electron chi connectivity index (χ3n) is 3.25. The Morgan fingerprint density at radius 1 is 1.40 bits per heavy atom. The highest BCUT2D eigenvalue weighted by Gasteiger charge is 2.22. The van der Waals surface area contributed by atoms with Gasteiger partial charge >= 0.3 is 0 Å². The lowest BCUT2D eigenvalue weighted by molar-refractivity contribution is 0.0902. The van der Waals surface area contributed by atoms with Gasteiger partial charge in [-0.2, -0.15) is 11.3 Å². The van der Waals surface area contributed by atoms with Crippen molar-refractivity contribution in [2.24, 2.45) is 0 Å². The number of thiophene rings is 1. The van der Waals surface area contributed by atoms with Crippen molar-refractivity contribution in [2.45, 2.75) is 51.3 Å². The van der Waals surface area contributed by atoms with Crippen molar-refractivity contribution in [1.82, 2.24) is 5.32 Å². The Labute approximate surface area is 95.3 Å². The first-order valence-electron chi connectivity index (χ1n) is 5.70.